The number of aryl methyl sites for hydroxylation is 3. The van der Waals surface area contributed by atoms with Gasteiger partial charge in [-0.15, -0.1) is 11.3 Å². The Hall–Kier alpha value is -3.12. The number of nitrogens with one attached hydrogen (secondary N) is 2. The molecule has 1 amide bonds. The number of anilines is 2. The number of hydrogen-bond acceptors (Lipinski definition) is 5. The predicted octanol–water partition coefficient (Wildman–Crippen LogP) is 6.44. The normalized spacial score (nSPS) is 14.2. The van der Waals surface area contributed by atoms with Gasteiger partial charge in [0.05, 0.1) is 18.2 Å². The Morgan fingerprint density at radius 3 is 2.49 bits per heavy atom. The van der Waals surface area contributed by atoms with E-state index in [1.807, 2.05) is 25.2 Å². The molecule has 1 aliphatic carbocycles. The van der Waals surface area contributed by atoms with Gasteiger partial charge < -0.3 is 15.4 Å². The molecule has 0 fully saturated rings. The Balaban J connectivity index is 1.44. The molecule has 184 valence electrons. The molecule has 0 atom stereocenters. The molecule has 0 aliphatic heterocycles. The van der Waals surface area contributed by atoms with E-state index in [2.05, 4.69) is 43.5 Å². The number of fused-ring (bicyclic) bond motifs is 1. The average Bonchev–Trinajstić information content (AvgIpc) is 3.20. The molecule has 1 aliphatic rings. The van der Waals surface area contributed by atoms with Crippen LogP contribution in [0.3, 0.4) is 0 Å². The van der Waals surface area contributed by atoms with Crippen LogP contribution in [0.2, 0.25) is 0 Å². The number of benzene rings is 2. The Morgan fingerprint density at radius 1 is 1.09 bits per heavy atom. The van der Waals surface area contributed by atoms with Crippen LogP contribution in [0.1, 0.15) is 68.1 Å². The fraction of sp³-hybridized carbons (Fsp3) is 0.379. The number of thiophene rings is 1. The lowest BCUT2D eigenvalue weighted by atomic mass is 9.77. The van der Waals surface area contributed by atoms with Crippen molar-refractivity contribution in [2.45, 2.75) is 52.9 Å². The van der Waals surface area contributed by atoms with Crippen LogP contribution in [-0.2, 0) is 30.4 Å². The van der Waals surface area contributed by atoms with E-state index in [4.69, 9.17) is 4.74 Å². The molecular formula is C29H34N2O3S. The molecule has 0 unspecified atom stereocenters. The van der Waals surface area contributed by atoms with E-state index >= 15 is 0 Å². The summed E-state index contributed by atoms with van der Waals surface area (Å²) in [6.07, 6.45) is 4.82. The standard InChI is InChI=1S/C29H34N2O3S/c1-18-16-22(13-12-20(18)9-6-19-7-10-21(11-8-19)28(33)34-5)31-26(32)25-23-14-15-29(2,3)17-24(23)35-27(25)30-4/h7-8,10-13,16,30H,6,9,14-15,17H2,1-5H3,(H,31,32). The number of carbonyl (C=O) groups excluding carboxylic acids is 2. The zero-order valence-corrected chi connectivity index (χ0v) is 22.0. The number of esters is 1. The van der Waals surface area contributed by atoms with Gasteiger partial charge in [-0.05, 0) is 91.0 Å². The molecule has 0 saturated carbocycles. The molecular weight excluding hydrogens is 456 g/mol. The van der Waals surface area contributed by atoms with Crippen molar-refractivity contribution >= 4 is 33.9 Å². The van der Waals surface area contributed by atoms with Crippen LogP contribution in [0.25, 0.3) is 0 Å². The first kappa shape index (κ1) is 25.0. The topological polar surface area (TPSA) is 67.4 Å². The number of hydrogen-bond donors (Lipinski definition) is 2. The zero-order chi connectivity index (χ0) is 25.2. The monoisotopic (exact) mass is 490 g/mol. The second-order valence-electron chi connectivity index (χ2n) is 10.1. The summed E-state index contributed by atoms with van der Waals surface area (Å²) in [5, 5.41) is 7.34. The zero-order valence-electron chi connectivity index (χ0n) is 21.2. The molecule has 0 saturated heterocycles. The van der Waals surface area contributed by atoms with Gasteiger partial charge in [0.25, 0.3) is 5.91 Å². The number of amides is 1. The Labute approximate surface area is 211 Å². The molecule has 3 aromatic rings. The second kappa shape index (κ2) is 10.2. The maximum atomic E-state index is 13.3. The highest BCUT2D eigenvalue weighted by atomic mass is 32.1. The minimum absolute atomic E-state index is 0.0376. The van der Waals surface area contributed by atoms with Crippen molar-refractivity contribution in [3.05, 3.63) is 80.7 Å². The summed E-state index contributed by atoms with van der Waals surface area (Å²) in [7, 11) is 3.28. The number of methoxy groups -OCH3 is 1. The highest BCUT2D eigenvalue weighted by molar-refractivity contribution is 7.16. The lowest BCUT2D eigenvalue weighted by Gasteiger charge is -2.29. The number of carbonyl (C=O) groups is 2. The van der Waals surface area contributed by atoms with Gasteiger partial charge in [0.15, 0.2) is 0 Å². The highest BCUT2D eigenvalue weighted by Crippen LogP contribution is 2.43. The lowest BCUT2D eigenvalue weighted by Crippen LogP contribution is -2.23. The summed E-state index contributed by atoms with van der Waals surface area (Å²) >= 11 is 1.72. The number of ether oxygens (including phenoxy) is 1. The molecule has 1 heterocycles. The average molecular weight is 491 g/mol. The first-order chi connectivity index (χ1) is 16.7. The second-order valence-corrected chi connectivity index (χ2v) is 11.2. The van der Waals surface area contributed by atoms with E-state index in [9.17, 15) is 9.59 Å². The van der Waals surface area contributed by atoms with Crippen molar-refractivity contribution in [3.8, 4) is 0 Å². The summed E-state index contributed by atoms with van der Waals surface area (Å²) < 4.78 is 4.76. The van der Waals surface area contributed by atoms with Crippen molar-refractivity contribution in [2.24, 2.45) is 5.41 Å². The van der Waals surface area contributed by atoms with Crippen LogP contribution in [-0.4, -0.2) is 26.0 Å². The fourth-order valence-corrected chi connectivity index (χ4v) is 6.23. The maximum Gasteiger partial charge on any atom is 0.337 e. The third-order valence-electron chi connectivity index (χ3n) is 6.89. The first-order valence-corrected chi connectivity index (χ1v) is 12.9. The smallest absolute Gasteiger partial charge is 0.337 e. The van der Waals surface area contributed by atoms with Crippen molar-refractivity contribution in [3.63, 3.8) is 0 Å². The van der Waals surface area contributed by atoms with Gasteiger partial charge in [0, 0.05) is 17.6 Å². The summed E-state index contributed by atoms with van der Waals surface area (Å²) in [6.45, 7) is 6.69. The van der Waals surface area contributed by atoms with E-state index in [-0.39, 0.29) is 17.3 Å². The molecule has 2 N–H and O–H groups in total. The third-order valence-corrected chi connectivity index (χ3v) is 8.14. The molecule has 6 heteroatoms. The minimum Gasteiger partial charge on any atom is -0.465 e. The fourth-order valence-electron chi connectivity index (χ4n) is 4.77. The predicted molar refractivity (Wildman–Crippen MR) is 144 cm³/mol. The summed E-state index contributed by atoms with van der Waals surface area (Å²) in [6, 6.07) is 13.7. The van der Waals surface area contributed by atoms with Crippen LogP contribution >= 0.6 is 11.3 Å². The van der Waals surface area contributed by atoms with E-state index in [1.54, 1.807) is 23.5 Å². The van der Waals surface area contributed by atoms with Crippen molar-refractivity contribution in [1.29, 1.82) is 0 Å². The molecule has 0 radical (unpaired) electrons. The van der Waals surface area contributed by atoms with E-state index < -0.39 is 0 Å². The molecule has 2 aromatic carbocycles. The van der Waals surface area contributed by atoms with E-state index in [0.29, 0.717) is 5.56 Å². The molecule has 5 nitrogen and oxygen atoms in total. The Kier molecular flexibility index (Phi) is 7.31. The molecule has 35 heavy (non-hydrogen) atoms. The molecule has 0 spiro atoms. The lowest BCUT2D eigenvalue weighted by molar-refractivity contribution is 0.0600. The van der Waals surface area contributed by atoms with Gasteiger partial charge in [0.2, 0.25) is 0 Å². The van der Waals surface area contributed by atoms with Gasteiger partial charge in [-0.2, -0.15) is 0 Å². The van der Waals surface area contributed by atoms with Crippen LogP contribution in [0.15, 0.2) is 42.5 Å². The van der Waals surface area contributed by atoms with Crippen molar-refractivity contribution < 1.29 is 14.3 Å². The van der Waals surface area contributed by atoms with Crippen LogP contribution in [0.5, 0.6) is 0 Å². The van der Waals surface area contributed by atoms with Crippen LogP contribution < -0.4 is 10.6 Å². The minimum atomic E-state index is -0.321. The van der Waals surface area contributed by atoms with Crippen LogP contribution in [0.4, 0.5) is 10.7 Å². The van der Waals surface area contributed by atoms with Gasteiger partial charge in [-0.25, -0.2) is 4.79 Å². The highest BCUT2D eigenvalue weighted by Gasteiger charge is 2.32. The third kappa shape index (κ3) is 5.59. The first-order valence-electron chi connectivity index (χ1n) is 12.1. The number of rotatable bonds is 7. The van der Waals surface area contributed by atoms with Crippen LogP contribution in [0, 0.1) is 12.3 Å². The summed E-state index contributed by atoms with van der Waals surface area (Å²) in [5.41, 5.74) is 7.24. The quantitative estimate of drug-likeness (QED) is 0.374. The molecule has 4 rings (SSSR count). The largest absolute Gasteiger partial charge is 0.465 e. The summed E-state index contributed by atoms with van der Waals surface area (Å²) in [4.78, 5) is 26.3. The Bertz CT molecular complexity index is 1240. The summed E-state index contributed by atoms with van der Waals surface area (Å²) in [5.74, 6) is -0.358. The van der Waals surface area contributed by atoms with Gasteiger partial charge in [-0.3, -0.25) is 4.79 Å². The van der Waals surface area contributed by atoms with Crippen molar-refractivity contribution in [1.82, 2.24) is 0 Å². The SMILES string of the molecule is CNc1sc2c(c1C(=O)Nc1ccc(CCc3ccc(C(=O)OC)cc3)c(C)c1)CCC(C)(C)C2. The maximum absolute atomic E-state index is 13.3. The Morgan fingerprint density at radius 2 is 1.83 bits per heavy atom. The van der Waals surface area contributed by atoms with Gasteiger partial charge in [-0.1, -0.05) is 32.0 Å². The van der Waals surface area contributed by atoms with Gasteiger partial charge >= 0.3 is 5.97 Å². The van der Waals surface area contributed by atoms with Gasteiger partial charge in [0.1, 0.15) is 5.00 Å². The molecule has 0 bridgehead atoms. The molecule has 1 aromatic heterocycles. The van der Waals surface area contributed by atoms with E-state index in [1.165, 1.54) is 28.7 Å². The van der Waals surface area contributed by atoms with E-state index in [0.717, 1.165) is 53.9 Å². The van der Waals surface area contributed by atoms with Crippen molar-refractivity contribution in [2.75, 3.05) is 24.8 Å².